The second-order valence-corrected chi connectivity index (χ2v) is 6.74. The molecule has 0 fully saturated rings. The third-order valence-corrected chi connectivity index (χ3v) is 4.04. The van der Waals surface area contributed by atoms with Crippen molar-refractivity contribution in [1.29, 1.82) is 0 Å². The number of fused-ring (bicyclic) bond motifs is 1. The van der Waals surface area contributed by atoms with Crippen molar-refractivity contribution in [2.75, 3.05) is 6.61 Å². The van der Waals surface area contributed by atoms with E-state index in [4.69, 9.17) is 9.84 Å². The molecule has 0 saturated heterocycles. The molecule has 19 heavy (non-hydrogen) atoms. The van der Waals surface area contributed by atoms with E-state index in [-0.39, 0.29) is 6.42 Å². The Bertz CT molecular complexity index is 510. The summed E-state index contributed by atoms with van der Waals surface area (Å²) in [4.78, 5) is 11.1. The Balaban J connectivity index is 2.30. The molecule has 0 radical (unpaired) electrons. The molecule has 1 aliphatic rings. The summed E-state index contributed by atoms with van der Waals surface area (Å²) in [5.41, 5.74) is 0.828. The Hall–Kier alpha value is -0.820. The largest absolute Gasteiger partial charge is 0.493 e. The predicted molar refractivity (Wildman–Crippen MR) is 79.4 cm³/mol. The average Bonchev–Trinajstić information content (AvgIpc) is 2.74. The fraction of sp³-hybridized carbons (Fsp3) is 0.500. The summed E-state index contributed by atoms with van der Waals surface area (Å²) in [5, 5.41) is 19.5. The van der Waals surface area contributed by atoms with Gasteiger partial charge in [-0.15, -0.1) is 0 Å². The molecule has 5 heteroatoms. The quantitative estimate of drug-likeness (QED) is 0.794. The van der Waals surface area contributed by atoms with E-state index in [0.29, 0.717) is 12.2 Å². The van der Waals surface area contributed by atoms with Crippen LogP contribution in [0.5, 0.6) is 5.75 Å². The number of ether oxygens (including phenoxy) is 1. The van der Waals surface area contributed by atoms with E-state index in [9.17, 15) is 9.90 Å². The van der Waals surface area contributed by atoms with Crippen LogP contribution in [0.4, 0.5) is 0 Å². The van der Waals surface area contributed by atoms with Gasteiger partial charge >= 0.3 is 5.97 Å². The molecular formula is C14H17IO4. The van der Waals surface area contributed by atoms with E-state index in [0.717, 1.165) is 21.3 Å². The van der Waals surface area contributed by atoms with Crippen LogP contribution >= 0.6 is 22.6 Å². The van der Waals surface area contributed by atoms with Crippen LogP contribution in [0.3, 0.4) is 0 Å². The highest BCUT2D eigenvalue weighted by Gasteiger charge is 2.32. The van der Waals surface area contributed by atoms with E-state index in [2.05, 4.69) is 22.6 Å². The molecule has 0 saturated carbocycles. The monoisotopic (exact) mass is 376 g/mol. The molecule has 1 aromatic carbocycles. The third-order valence-electron chi connectivity index (χ3n) is 3.42. The van der Waals surface area contributed by atoms with Gasteiger partial charge in [0.15, 0.2) is 0 Å². The summed E-state index contributed by atoms with van der Waals surface area (Å²) in [5.74, 6) is -0.177. The summed E-state index contributed by atoms with van der Waals surface area (Å²) in [6.07, 6.45) is 0.180. The van der Waals surface area contributed by atoms with Gasteiger partial charge in [0.25, 0.3) is 0 Å². The normalized spacial score (nSPS) is 15.8. The number of carbonyl (C=O) groups is 1. The van der Waals surface area contributed by atoms with Crippen LogP contribution in [0.15, 0.2) is 12.1 Å². The highest BCUT2D eigenvalue weighted by Crippen LogP contribution is 2.39. The van der Waals surface area contributed by atoms with E-state index in [1.54, 1.807) is 13.8 Å². The maximum Gasteiger partial charge on any atom is 0.309 e. The second-order valence-electron chi connectivity index (χ2n) is 5.49. The first-order chi connectivity index (χ1) is 8.81. The van der Waals surface area contributed by atoms with E-state index < -0.39 is 17.5 Å². The lowest BCUT2D eigenvalue weighted by atomic mass is 9.84. The first-order valence-corrected chi connectivity index (χ1v) is 7.26. The zero-order chi connectivity index (χ0) is 14.2. The van der Waals surface area contributed by atoms with Gasteiger partial charge < -0.3 is 14.9 Å². The molecule has 0 aliphatic carbocycles. The minimum Gasteiger partial charge on any atom is -0.493 e. The van der Waals surface area contributed by atoms with Gasteiger partial charge in [0.1, 0.15) is 5.75 Å². The molecule has 2 rings (SSSR count). The molecule has 2 N–H and O–H groups in total. The molecular weight excluding hydrogens is 359 g/mol. The summed E-state index contributed by atoms with van der Waals surface area (Å²) in [7, 11) is 0. The molecule has 0 spiro atoms. The summed E-state index contributed by atoms with van der Waals surface area (Å²) < 4.78 is 6.60. The maximum absolute atomic E-state index is 11.1. The number of aliphatic hydroxyl groups excluding tert-OH is 1. The lowest BCUT2D eigenvalue weighted by Crippen LogP contribution is -2.26. The van der Waals surface area contributed by atoms with E-state index in [1.165, 1.54) is 0 Å². The van der Waals surface area contributed by atoms with Crippen LogP contribution in [0, 0.1) is 8.99 Å². The second kappa shape index (κ2) is 5.28. The first-order valence-electron chi connectivity index (χ1n) is 6.18. The molecule has 1 unspecified atom stereocenters. The first kappa shape index (κ1) is 14.6. The van der Waals surface area contributed by atoms with Crippen LogP contribution < -0.4 is 4.74 Å². The van der Waals surface area contributed by atoms with Gasteiger partial charge in [-0.2, -0.15) is 0 Å². The van der Waals surface area contributed by atoms with Gasteiger partial charge in [-0.3, -0.25) is 4.79 Å². The number of carboxylic acids is 1. The lowest BCUT2D eigenvalue weighted by Gasteiger charge is -2.24. The Morgan fingerprint density at radius 1 is 1.53 bits per heavy atom. The summed E-state index contributed by atoms with van der Waals surface area (Å²) in [6, 6.07) is 3.91. The van der Waals surface area contributed by atoms with Crippen molar-refractivity contribution in [3.05, 3.63) is 26.8 Å². The van der Waals surface area contributed by atoms with Crippen molar-refractivity contribution in [2.45, 2.75) is 32.8 Å². The molecule has 1 heterocycles. The molecule has 104 valence electrons. The fourth-order valence-electron chi connectivity index (χ4n) is 2.23. The van der Waals surface area contributed by atoms with Gasteiger partial charge in [-0.05, 0) is 60.6 Å². The summed E-state index contributed by atoms with van der Waals surface area (Å²) >= 11 is 2.20. The minimum absolute atomic E-state index is 0.165. The Kier molecular flexibility index (Phi) is 4.06. The van der Waals surface area contributed by atoms with Gasteiger partial charge in [0.05, 0.1) is 18.1 Å². The summed E-state index contributed by atoms with van der Waals surface area (Å²) in [6.45, 7) is 3.86. The van der Waals surface area contributed by atoms with Crippen molar-refractivity contribution in [2.24, 2.45) is 5.41 Å². The maximum atomic E-state index is 11.1. The molecule has 1 atom stereocenters. The number of benzene rings is 1. The fourth-order valence-corrected chi connectivity index (χ4v) is 2.94. The topological polar surface area (TPSA) is 66.8 Å². The molecule has 1 aliphatic heterocycles. The number of halogens is 1. The van der Waals surface area contributed by atoms with Crippen LogP contribution in [-0.4, -0.2) is 22.8 Å². The van der Waals surface area contributed by atoms with Crippen LogP contribution in [-0.2, 0) is 11.2 Å². The average molecular weight is 376 g/mol. The van der Waals surface area contributed by atoms with Crippen molar-refractivity contribution < 1.29 is 19.7 Å². The number of carboxylic acid groups (broad SMARTS) is 1. The van der Waals surface area contributed by atoms with Crippen LogP contribution in [0.1, 0.15) is 37.5 Å². The lowest BCUT2D eigenvalue weighted by molar-refractivity contribution is -0.148. The van der Waals surface area contributed by atoms with Gasteiger partial charge in [0.2, 0.25) is 0 Å². The van der Waals surface area contributed by atoms with E-state index in [1.807, 2.05) is 12.1 Å². The number of rotatable bonds is 4. The van der Waals surface area contributed by atoms with Crippen molar-refractivity contribution >= 4 is 28.6 Å². The zero-order valence-electron chi connectivity index (χ0n) is 10.9. The van der Waals surface area contributed by atoms with Crippen molar-refractivity contribution in [3.63, 3.8) is 0 Å². The van der Waals surface area contributed by atoms with Gasteiger partial charge in [-0.1, -0.05) is 0 Å². The Morgan fingerprint density at radius 2 is 2.21 bits per heavy atom. The third kappa shape index (κ3) is 3.02. The Labute approximate surface area is 125 Å². The van der Waals surface area contributed by atoms with Crippen molar-refractivity contribution in [3.8, 4) is 5.75 Å². The van der Waals surface area contributed by atoms with Gasteiger partial charge in [0, 0.05) is 15.6 Å². The molecule has 1 aromatic rings. The Morgan fingerprint density at radius 3 is 2.84 bits per heavy atom. The number of aliphatic hydroxyl groups is 1. The van der Waals surface area contributed by atoms with Crippen molar-refractivity contribution in [1.82, 2.24) is 0 Å². The van der Waals surface area contributed by atoms with E-state index >= 15 is 0 Å². The highest BCUT2D eigenvalue weighted by atomic mass is 127. The molecule has 4 nitrogen and oxygen atoms in total. The number of hydrogen-bond acceptors (Lipinski definition) is 3. The standard InChI is InChI=1S/C14H17IO4/c1-14(2,13(17)18)7-11(16)10-6-9(15)5-8-3-4-19-12(8)10/h5-6,11,16H,3-4,7H2,1-2H3,(H,17,18). The molecule has 0 amide bonds. The minimum atomic E-state index is -0.966. The smallest absolute Gasteiger partial charge is 0.309 e. The molecule has 0 aromatic heterocycles. The number of aliphatic carboxylic acids is 1. The SMILES string of the molecule is CC(C)(CC(O)c1cc(I)cc2c1OCC2)C(=O)O. The highest BCUT2D eigenvalue weighted by molar-refractivity contribution is 14.1. The zero-order valence-corrected chi connectivity index (χ0v) is 13.1. The van der Waals surface area contributed by atoms with Crippen LogP contribution in [0.25, 0.3) is 0 Å². The van der Waals surface area contributed by atoms with Gasteiger partial charge in [-0.25, -0.2) is 0 Å². The number of hydrogen-bond donors (Lipinski definition) is 2. The molecule has 0 bridgehead atoms. The van der Waals surface area contributed by atoms with Crippen LogP contribution in [0.2, 0.25) is 0 Å². The predicted octanol–water partition coefficient (Wildman–Crippen LogP) is 2.76.